The van der Waals surface area contributed by atoms with Gasteiger partial charge in [0.05, 0.1) is 6.04 Å². The standard InChI is InChI=1S/C18H27ClN2O/c1-13-16(19)11-8-12-17(13)21-18(22)14(2)20-15-9-6-4-3-5-7-10-15/h8,11-12,14-15,20H,3-7,9-10H2,1-2H3,(H,21,22)/t14-/m1/s1. The summed E-state index contributed by atoms with van der Waals surface area (Å²) < 4.78 is 0. The van der Waals surface area contributed by atoms with Crippen molar-refractivity contribution in [3.8, 4) is 0 Å². The predicted octanol–water partition coefficient (Wildman–Crippen LogP) is 4.68. The zero-order valence-electron chi connectivity index (χ0n) is 13.6. The number of benzene rings is 1. The first kappa shape index (κ1) is 17.3. The highest BCUT2D eigenvalue weighted by atomic mass is 35.5. The van der Waals surface area contributed by atoms with Gasteiger partial charge in [-0.15, -0.1) is 0 Å². The quantitative estimate of drug-likeness (QED) is 0.845. The molecule has 1 aromatic rings. The van der Waals surface area contributed by atoms with Crippen molar-refractivity contribution in [2.24, 2.45) is 0 Å². The average Bonchev–Trinajstić information content (AvgIpc) is 2.46. The Morgan fingerprint density at radius 1 is 1.18 bits per heavy atom. The zero-order valence-corrected chi connectivity index (χ0v) is 14.4. The Balaban J connectivity index is 1.89. The normalized spacial score (nSPS) is 18.3. The van der Waals surface area contributed by atoms with Crippen LogP contribution in [-0.4, -0.2) is 18.0 Å². The third-order valence-electron chi connectivity index (χ3n) is 4.51. The molecule has 2 rings (SSSR count). The van der Waals surface area contributed by atoms with Crippen LogP contribution in [0.5, 0.6) is 0 Å². The molecule has 1 atom stereocenters. The molecule has 1 aliphatic rings. The lowest BCUT2D eigenvalue weighted by molar-refractivity contribution is -0.118. The van der Waals surface area contributed by atoms with Gasteiger partial charge in [0, 0.05) is 16.8 Å². The first-order valence-corrected chi connectivity index (χ1v) is 8.77. The molecular weight excluding hydrogens is 296 g/mol. The summed E-state index contributed by atoms with van der Waals surface area (Å²) in [6.07, 6.45) is 8.87. The molecule has 0 bridgehead atoms. The summed E-state index contributed by atoms with van der Waals surface area (Å²) in [6.45, 7) is 3.86. The second-order valence-corrected chi connectivity index (χ2v) is 6.74. The largest absolute Gasteiger partial charge is 0.324 e. The molecule has 1 aromatic carbocycles. The van der Waals surface area contributed by atoms with Crippen molar-refractivity contribution in [1.82, 2.24) is 5.32 Å². The number of carbonyl (C=O) groups excluding carboxylic acids is 1. The van der Waals surface area contributed by atoms with Gasteiger partial charge in [-0.05, 0) is 44.4 Å². The summed E-state index contributed by atoms with van der Waals surface area (Å²) in [5.41, 5.74) is 1.71. The van der Waals surface area contributed by atoms with Crippen LogP contribution < -0.4 is 10.6 Å². The third-order valence-corrected chi connectivity index (χ3v) is 4.92. The number of amides is 1. The van der Waals surface area contributed by atoms with E-state index < -0.39 is 0 Å². The van der Waals surface area contributed by atoms with Crippen molar-refractivity contribution in [1.29, 1.82) is 0 Å². The SMILES string of the molecule is Cc1c(Cl)cccc1NC(=O)[C@@H](C)NC1CCCCCCC1. The Morgan fingerprint density at radius 2 is 1.82 bits per heavy atom. The maximum Gasteiger partial charge on any atom is 0.241 e. The minimum atomic E-state index is -0.192. The van der Waals surface area contributed by atoms with Crippen molar-refractivity contribution < 1.29 is 4.79 Å². The highest BCUT2D eigenvalue weighted by molar-refractivity contribution is 6.31. The van der Waals surface area contributed by atoms with Gasteiger partial charge in [-0.3, -0.25) is 4.79 Å². The van der Waals surface area contributed by atoms with E-state index in [0.717, 1.165) is 11.3 Å². The van der Waals surface area contributed by atoms with E-state index in [2.05, 4.69) is 10.6 Å². The van der Waals surface area contributed by atoms with Crippen LogP contribution in [-0.2, 0) is 4.79 Å². The number of carbonyl (C=O) groups is 1. The summed E-state index contributed by atoms with van der Waals surface area (Å²) in [5, 5.41) is 7.16. The van der Waals surface area contributed by atoms with E-state index in [1.54, 1.807) is 0 Å². The molecule has 1 aliphatic carbocycles. The van der Waals surface area contributed by atoms with E-state index in [4.69, 9.17) is 11.6 Å². The van der Waals surface area contributed by atoms with Crippen LogP contribution in [0.15, 0.2) is 18.2 Å². The Kier molecular flexibility index (Phi) is 6.71. The van der Waals surface area contributed by atoms with Crippen molar-refractivity contribution in [2.45, 2.75) is 70.9 Å². The maximum atomic E-state index is 12.4. The topological polar surface area (TPSA) is 41.1 Å². The van der Waals surface area contributed by atoms with E-state index in [1.807, 2.05) is 32.0 Å². The van der Waals surface area contributed by atoms with Gasteiger partial charge in [0.2, 0.25) is 5.91 Å². The van der Waals surface area contributed by atoms with Gasteiger partial charge in [-0.2, -0.15) is 0 Å². The first-order valence-electron chi connectivity index (χ1n) is 8.40. The molecule has 1 saturated carbocycles. The average molecular weight is 323 g/mol. The molecule has 2 N–H and O–H groups in total. The summed E-state index contributed by atoms with van der Waals surface area (Å²) >= 11 is 6.10. The van der Waals surface area contributed by atoms with Crippen molar-refractivity contribution in [3.05, 3.63) is 28.8 Å². The molecule has 22 heavy (non-hydrogen) atoms. The van der Waals surface area contributed by atoms with Gasteiger partial charge in [0.25, 0.3) is 0 Å². The van der Waals surface area contributed by atoms with Crippen LogP contribution in [0.3, 0.4) is 0 Å². The summed E-state index contributed by atoms with van der Waals surface area (Å²) in [7, 11) is 0. The molecule has 1 fully saturated rings. The van der Waals surface area contributed by atoms with Crippen LogP contribution in [0.25, 0.3) is 0 Å². The number of halogens is 1. The minimum absolute atomic E-state index is 0.00688. The second kappa shape index (κ2) is 8.54. The maximum absolute atomic E-state index is 12.4. The summed E-state index contributed by atoms with van der Waals surface area (Å²) in [4.78, 5) is 12.4. The van der Waals surface area contributed by atoms with E-state index in [1.165, 1.54) is 44.9 Å². The van der Waals surface area contributed by atoms with Gasteiger partial charge >= 0.3 is 0 Å². The second-order valence-electron chi connectivity index (χ2n) is 6.33. The van der Waals surface area contributed by atoms with E-state index in [0.29, 0.717) is 11.1 Å². The Labute approximate surface area is 138 Å². The van der Waals surface area contributed by atoms with Crippen molar-refractivity contribution in [3.63, 3.8) is 0 Å². The lowest BCUT2D eigenvalue weighted by Crippen LogP contribution is -2.44. The summed E-state index contributed by atoms with van der Waals surface area (Å²) in [6, 6.07) is 5.85. The molecule has 0 radical (unpaired) electrons. The van der Waals surface area contributed by atoms with E-state index in [-0.39, 0.29) is 11.9 Å². The molecule has 0 aliphatic heterocycles. The smallest absolute Gasteiger partial charge is 0.241 e. The third kappa shape index (κ3) is 4.99. The van der Waals surface area contributed by atoms with Crippen LogP contribution in [0.2, 0.25) is 5.02 Å². The minimum Gasteiger partial charge on any atom is -0.324 e. The van der Waals surface area contributed by atoms with Crippen LogP contribution in [0, 0.1) is 6.92 Å². The molecule has 1 amide bonds. The van der Waals surface area contributed by atoms with Crippen molar-refractivity contribution >= 4 is 23.2 Å². The zero-order chi connectivity index (χ0) is 15.9. The van der Waals surface area contributed by atoms with Crippen LogP contribution >= 0.6 is 11.6 Å². The van der Waals surface area contributed by atoms with Gasteiger partial charge in [-0.25, -0.2) is 0 Å². The first-order chi connectivity index (χ1) is 10.6. The lowest BCUT2D eigenvalue weighted by atomic mass is 9.96. The van der Waals surface area contributed by atoms with Gasteiger partial charge in [0.15, 0.2) is 0 Å². The highest BCUT2D eigenvalue weighted by Crippen LogP contribution is 2.23. The number of rotatable bonds is 4. The molecule has 0 heterocycles. The fourth-order valence-corrected chi connectivity index (χ4v) is 3.21. The molecule has 4 heteroatoms. The number of anilines is 1. The van der Waals surface area contributed by atoms with E-state index >= 15 is 0 Å². The number of nitrogens with one attached hydrogen (secondary N) is 2. The Bertz CT molecular complexity index is 496. The molecule has 0 aromatic heterocycles. The highest BCUT2D eigenvalue weighted by Gasteiger charge is 2.19. The monoisotopic (exact) mass is 322 g/mol. The Hall–Kier alpha value is -1.06. The van der Waals surface area contributed by atoms with Gasteiger partial charge < -0.3 is 10.6 Å². The van der Waals surface area contributed by atoms with E-state index in [9.17, 15) is 4.79 Å². The summed E-state index contributed by atoms with van der Waals surface area (Å²) in [5.74, 6) is 0.00688. The van der Waals surface area contributed by atoms with Gasteiger partial charge in [-0.1, -0.05) is 49.8 Å². The lowest BCUT2D eigenvalue weighted by Gasteiger charge is -2.25. The number of hydrogen-bond donors (Lipinski definition) is 2. The molecule has 0 unspecified atom stereocenters. The van der Waals surface area contributed by atoms with Crippen LogP contribution in [0.1, 0.15) is 57.4 Å². The molecule has 3 nitrogen and oxygen atoms in total. The fraction of sp³-hybridized carbons (Fsp3) is 0.611. The van der Waals surface area contributed by atoms with Gasteiger partial charge in [0.1, 0.15) is 0 Å². The van der Waals surface area contributed by atoms with Crippen molar-refractivity contribution in [2.75, 3.05) is 5.32 Å². The molecule has 0 spiro atoms. The molecule has 122 valence electrons. The Morgan fingerprint density at radius 3 is 2.50 bits per heavy atom. The molecule has 0 saturated heterocycles. The predicted molar refractivity (Wildman–Crippen MR) is 93.5 cm³/mol. The fourth-order valence-electron chi connectivity index (χ4n) is 3.04. The number of hydrogen-bond acceptors (Lipinski definition) is 2. The van der Waals surface area contributed by atoms with Crippen LogP contribution in [0.4, 0.5) is 5.69 Å². The molecular formula is C18H27ClN2O.